The van der Waals surface area contributed by atoms with Crippen molar-refractivity contribution in [1.29, 1.82) is 0 Å². The van der Waals surface area contributed by atoms with E-state index in [0.29, 0.717) is 0 Å². The van der Waals surface area contributed by atoms with Crippen molar-refractivity contribution in [1.82, 2.24) is 4.72 Å². The van der Waals surface area contributed by atoms with E-state index in [-0.39, 0.29) is 33.7 Å². The number of aliphatic hydroxyl groups is 1. The number of hydrogen-bond donors (Lipinski definition) is 3. The molecule has 0 saturated carbocycles. The van der Waals surface area contributed by atoms with Gasteiger partial charge in [-0.05, 0) is 32.4 Å². The molecular weight excluding hydrogens is 311 g/mol. The van der Waals surface area contributed by atoms with Crippen molar-refractivity contribution >= 4 is 38.9 Å². The number of aliphatic hydroxyl groups excluding tert-OH is 1. The zero-order chi connectivity index (χ0) is 14.8. The fraction of sp³-hybridized carbons (Fsp3) is 0.455. The van der Waals surface area contributed by atoms with Gasteiger partial charge in [0.25, 0.3) is 0 Å². The van der Waals surface area contributed by atoms with Gasteiger partial charge < -0.3 is 10.8 Å². The Balaban J connectivity index is 3.19. The summed E-state index contributed by atoms with van der Waals surface area (Å²) in [4.78, 5) is -0.137. The van der Waals surface area contributed by atoms with Gasteiger partial charge in [-0.15, -0.1) is 0 Å². The van der Waals surface area contributed by atoms with E-state index in [4.69, 9.17) is 34.0 Å². The number of sulfonamides is 1. The number of hydrogen-bond acceptors (Lipinski definition) is 4. The summed E-state index contributed by atoms with van der Waals surface area (Å²) in [6.07, 6.45) is 0.271. The molecule has 19 heavy (non-hydrogen) atoms. The molecule has 108 valence electrons. The molecule has 8 heteroatoms. The maximum atomic E-state index is 12.2. The molecule has 1 aromatic carbocycles. The molecule has 0 aliphatic carbocycles. The van der Waals surface area contributed by atoms with Crippen LogP contribution in [0.2, 0.25) is 10.0 Å². The lowest BCUT2D eigenvalue weighted by atomic mass is 10.0. The van der Waals surface area contributed by atoms with Gasteiger partial charge in [0, 0.05) is 12.1 Å². The fourth-order valence-electron chi connectivity index (χ4n) is 1.51. The second kappa shape index (κ2) is 5.85. The highest BCUT2D eigenvalue weighted by Crippen LogP contribution is 2.33. The molecule has 5 nitrogen and oxygen atoms in total. The number of halogens is 2. The van der Waals surface area contributed by atoms with E-state index in [9.17, 15) is 8.42 Å². The van der Waals surface area contributed by atoms with Gasteiger partial charge in [0.1, 0.15) is 4.90 Å². The summed E-state index contributed by atoms with van der Waals surface area (Å²) in [5, 5.41) is 8.99. The second-order valence-corrected chi connectivity index (χ2v) is 7.17. The number of nitrogens with one attached hydrogen (secondary N) is 1. The molecule has 0 spiro atoms. The Morgan fingerprint density at radius 1 is 1.37 bits per heavy atom. The van der Waals surface area contributed by atoms with Crippen molar-refractivity contribution in [3.05, 3.63) is 22.2 Å². The van der Waals surface area contributed by atoms with E-state index in [0.717, 1.165) is 0 Å². The summed E-state index contributed by atoms with van der Waals surface area (Å²) >= 11 is 11.7. The average Bonchev–Trinajstić information content (AvgIpc) is 2.23. The van der Waals surface area contributed by atoms with Gasteiger partial charge in [0.2, 0.25) is 10.0 Å². The maximum absolute atomic E-state index is 12.2. The average molecular weight is 327 g/mol. The molecule has 0 aromatic heterocycles. The number of anilines is 1. The first-order chi connectivity index (χ1) is 8.60. The lowest BCUT2D eigenvalue weighted by Crippen LogP contribution is -2.44. The van der Waals surface area contributed by atoms with Crippen molar-refractivity contribution in [3.8, 4) is 0 Å². The van der Waals surface area contributed by atoms with Gasteiger partial charge in [0.05, 0.1) is 15.7 Å². The largest absolute Gasteiger partial charge is 0.396 e. The predicted octanol–water partition coefficient (Wildman–Crippen LogP) is 2.01. The molecule has 0 radical (unpaired) electrons. The van der Waals surface area contributed by atoms with Crippen molar-refractivity contribution in [2.24, 2.45) is 0 Å². The number of nitrogens with two attached hydrogens (primary N) is 1. The molecule has 0 amide bonds. The van der Waals surface area contributed by atoms with Crippen LogP contribution in [-0.4, -0.2) is 25.7 Å². The van der Waals surface area contributed by atoms with Gasteiger partial charge in [0.15, 0.2) is 0 Å². The summed E-state index contributed by atoms with van der Waals surface area (Å²) in [6, 6.07) is 2.66. The van der Waals surface area contributed by atoms with Crippen LogP contribution in [0.4, 0.5) is 5.69 Å². The maximum Gasteiger partial charge on any atom is 0.242 e. The Hall–Kier alpha value is -0.530. The first-order valence-electron chi connectivity index (χ1n) is 5.49. The summed E-state index contributed by atoms with van der Waals surface area (Å²) in [7, 11) is -3.84. The van der Waals surface area contributed by atoms with Crippen molar-refractivity contribution in [2.45, 2.75) is 30.7 Å². The topological polar surface area (TPSA) is 92.4 Å². The molecule has 4 N–H and O–H groups in total. The summed E-state index contributed by atoms with van der Waals surface area (Å²) in [5.41, 5.74) is 4.82. The van der Waals surface area contributed by atoms with Crippen LogP contribution in [0.25, 0.3) is 0 Å². The molecule has 0 fully saturated rings. The molecular formula is C11H16Cl2N2O3S. The van der Waals surface area contributed by atoms with Gasteiger partial charge in [-0.1, -0.05) is 23.2 Å². The molecule has 0 atom stereocenters. The van der Waals surface area contributed by atoms with Gasteiger partial charge in [-0.25, -0.2) is 13.1 Å². The Morgan fingerprint density at radius 3 is 2.47 bits per heavy atom. The monoisotopic (exact) mass is 326 g/mol. The van der Waals surface area contributed by atoms with Crippen molar-refractivity contribution < 1.29 is 13.5 Å². The zero-order valence-electron chi connectivity index (χ0n) is 10.6. The van der Waals surface area contributed by atoms with Crippen LogP contribution in [0.3, 0.4) is 0 Å². The highest BCUT2D eigenvalue weighted by Gasteiger charge is 2.28. The highest BCUT2D eigenvalue weighted by atomic mass is 35.5. The van der Waals surface area contributed by atoms with E-state index < -0.39 is 15.6 Å². The molecule has 0 aliphatic rings. The third-order valence-corrected chi connectivity index (χ3v) is 5.12. The smallest absolute Gasteiger partial charge is 0.242 e. The molecule has 0 saturated heterocycles. The molecule has 0 heterocycles. The molecule has 1 rings (SSSR count). The standard InChI is InChI=1S/C11H16Cl2N2O3S/c1-11(2,5-6-16)15-19(17,18)8-4-3-7(12)10(14)9(8)13/h3-4,15-16H,5-6,14H2,1-2H3. The second-order valence-electron chi connectivity index (χ2n) is 4.74. The Kier molecular flexibility index (Phi) is 5.08. The number of nitrogen functional groups attached to an aromatic ring is 1. The minimum absolute atomic E-state index is 0.0196. The van der Waals surface area contributed by atoms with Crippen LogP contribution in [0.5, 0.6) is 0 Å². The van der Waals surface area contributed by atoms with Crippen LogP contribution in [-0.2, 0) is 10.0 Å². The minimum atomic E-state index is -3.84. The van der Waals surface area contributed by atoms with Crippen LogP contribution < -0.4 is 10.5 Å². The normalized spacial score (nSPS) is 12.7. The van der Waals surface area contributed by atoms with Crippen LogP contribution in [0.1, 0.15) is 20.3 Å². The lowest BCUT2D eigenvalue weighted by Gasteiger charge is -2.25. The molecule has 0 bridgehead atoms. The Bertz CT molecular complexity index is 574. The SMILES string of the molecule is CC(C)(CCO)NS(=O)(=O)c1ccc(Cl)c(N)c1Cl. The lowest BCUT2D eigenvalue weighted by molar-refractivity contribution is 0.246. The van der Waals surface area contributed by atoms with Gasteiger partial charge >= 0.3 is 0 Å². The first kappa shape index (κ1) is 16.5. The van der Waals surface area contributed by atoms with E-state index in [1.807, 2.05) is 0 Å². The summed E-state index contributed by atoms with van der Waals surface area (Å²) in [6.45, 7) is 3.19. The molecule has 0 unspecified atom stereocenters. The van der Waals surface area contributed by atoms with Crippen LogP contribution >= 0.6 is 23.2 Å². The van der Waals surface area contributed by atoms with E-state index in [1.165, 1.54) is 12.1 Å². The summed E-state index contributed by atoms with van der Waals surface area (Å²) < 4.78 is 26.9. The van der Waals surface area contributed by atoms with E-state index >= 15 is 0 Å². The van der Waals surface area contributed by atoms with Gasteiger partial charge in [-0.3, -0.25) is 0 Å². The van der Waals surface area contributed by atoms with Gasteiger partial charge in [-0.2, -0.15) is 0 Å². The highest BCUT2D eigenvalue weighted by molar-refractivity contribution is 7.89. The first-order valence-corrected chi connectivity index (χ1v) is 7.73. The van der Waals surface area contributed by atoms with Crippen LogP contribution in [0.15, 0.2) is 17.0 Å². The Labute approximate surface area is 122 Å². The molecule has 1 aromatic rings. The minimum Gasteiger partial charge on any atom is -0.396 e. The van der Waals surface area contributed by atoms with Crippen molar-refractivity contribution in [3.63, 3.8) is 0 Å². The quantitative estimate of drug-likeness (QED) is 0.721. The Morgan fingerprint density at radius 2 is 1.95 bits per heavy atom. The number of rotatable bonds is 5. The van der Waals surface area contributed by atoms with E-state index in [2.05, 4.69) is 4.72 Å². The fourth-order valence-corrected chi connectivity index (χ4v) is 3.71. The number of benzene rings is 1. The zero-order valence-corrected chi connectivity index (χ0v) is 12.9. The third kappa shape index (κ3) is 3.97. The van der Waals surface area contributed by atoms with Crippen molar-refractivity contribution in [2.75, 3.05) is 12.3 Å². The molecule has 0 aliphatic heterocycles. The predicted molar refractivity (Wildman–Crippen MR) is 77.0 cm³/mol. The van der Waals surface area contributed by atoms with Crippen LogP contribution in [0, 0.1) is 0 Å². The third-order valence-electron chi connectivity index (χ3n) is 2.53. The van der Waals surface area contributed by atoms with E-state index in [1.54, 1.807) is 13.8 Å². The summed E-state index contributed by atoms with van der Waals surface area (Å²) in [5.74, 6) is 0.